The molecule has 0 spiro atoms. The summed E-state index contributed by atoms with van der Waals surface area (Å²) in [5, 5.41) is 0. The monoisotopic (exact) mass is 596 g/mol. The molecule has 12 nitrogen and oxygen atoms in total. The van der Waals surface area contributed by atoms with Crippen LogP contribution in [-0.4, -0.2) is 86.3 Å². The summed E-state index contributed by atoms with van der Waals surface area (Å²) >= 11 is 0. The molecule has 0 bridgehead atoms. The highest BCUT2D eigenvalue weighted by atomic mass is 16.7. The Morgan fingerprint density at radius 3 is 1.26 bits per heavy atom. The summed E-state index contributed by atoms with van der Waals surface area (Å²) in [7, 11) is 3.04. The van der Waals surface area contributed by atoms with Gasteiger partial charge in [0, 0.05) is 62.6 Å². The van der Waals surface area contributed by atoms with Gasteiger partial charge >= 0.3 is 23.9 Å². The number of rotatable bonds is 8. The number of ketones is 2. The lowest BCUT2D eigenvalue weighted by Crippen LogP contribution is -2.59. The summed E-state index contributed by atoms with van der Waals surface area (Å²) in [5.74, 6) is -2.70. The Morgan fingerprint density at radius 1 is 0.667 bits per heavy atom. The molecule has 0 radical (unpaired) electrons. The molecule has 2 saturated heterocycles. The van der Waals surface area contributed by atoms with Gasteiger partial charge in [-0.1, -0.05) is 27.7 Å². The minimum atomic E-state index is -1.36. The lowest BCUT2D eigenvalue weighted by molar-refractivity contribution is -0.225. The van der Waals surface area contributed by atoms with E-state index < -0.39 is 58.1 Å². The normalized spacial score (nSPS) is 33.8. The Bertz CT molecular complexity index is 1020. The summed E-state index contributed by atoms with van der Waals surface area (Å²) in [6, 6.07) is 0. The maximum Gasteiger partial charge on any atom is 0.351 e. The maximum atomic E-state index is 12.4. The number of carbonyl (C=O) groups excluding carboxylic acids is 6. The van der Waals surface area contributed by atoms with Crippen molar-refractivity contribution in [1.82, 2.24) is 0 Å². The molecule has 0 unspecified atom stereocenters. The molecule has 0 amide bonds. The van der Waals surface area contributed by atoms with E-state index in [0.717, 1.165) is 0 Å². The fourth-order valence-corrected chi connectivity index (χ4v) is 6.07. The van der Waals surface area contributed by atoms with Crippen molar-refractivity contribution < 1.29 is 57.2 Å². The molecular formula is C30H44O12. The van der Waals surface area contributed by atoms with Crippen molar-refractivity contribution in [2.45, 2.75) is 103 Å². The molecule has 2 saturated carbocycles. The van der Waals surface area contributed by atoms with E-state index in [2.05, 4.69) is 0 Å². The van der Waals surface area contributed by atoms with E-state index >= 15 is 0 Å². The zero-order valence-electron chi connectivity index (χ0n) is 25.9. The van der Waals surface area contributed by atoms with Crippen molar-refractivity contribution in [3.63, 3.8) is 0 Å². The first-order chi connectivity index (χ1) is 19.4. The second-order valence-corrected chi connectivity index (χ2v) is 13.4. The van der Waals surface area contributed by atoms with Crippen LogP contribution in [-0.2, 0) is 57.2 Å². The first kappa shape index (κ1) is 33.6. The molecule has 12 heteroatoms. The minimum absolute atomic E-state index is 0.0897. The number of hydrogen-bond acceptors (Lipinski definition) is 12. The number of methoxy groups -OCH3 is 2. The predicted molar refractivity (Wildman–Crippen MR) is 145 cm³/mol. The van der Waals surface area contributed by atoms with Gasteiger partial charge in [0.05, 0.1) is 13.2 Å². The number of Topliss-reactive ketones (excluding diaryl/α,β-unsaturated/α-hetero) is 2. The van der Waals surface area contributed by atoms with Crippen LogP contribution >= 0.6 is 0 Å². The second-order valence-electron chi connectivity index (χ2n) is 13.4. The minimum Gasteiger partial charge on any atom is -0.447 e. The topological polar surface area (TPSA) is 158 Å². The van der Waals surface area contributed by atoms with Crippen molar-refractivity contribution in [3.8, 4) is 0 Å². The Hall–Kier alpha value is -2.86. The molecule has 4 rings (SSSR count). The molecule has 0 aromatic rings. The van der Waals surface area contributed by atoms with E-state index in [1.165, 1.54) is 28.1 Å². The van der Waals surface area contributed by atoms with Gasteiger partial charge < -0.3 is 28.4 Å². The first-order valence-electron chi connectivity index (χ1n) is 14.3. The number of hydrogen-bond donors (Lipinski definition) is 0. The van der Waals surface area contributed by atoms with E-state index in [-0.39, 0.29) is 49.5 Å². The van der Waals surface area contributed by atoms with Crippen LogP contribution in [0.15, 0.2) is 0 Å². The highest BCUT2D eigenvalue weighted by molar-refractivity contribution is 5.93. The van der Waals surface area contributed by atoms with Gasteiger partial charge in [0.1, 0.15) is 11.6 Å². The summed E-state index contributed by atoms with van der Waals surface area (Å²) < 4.78 is 31.8. The van der Waals surface area contributed by atoms with Gasteiger partial charge in [0.2, 0.25) is 23.4 Å². The van der Waals surface area contributed by atoms with Crippen LogP contribution in [0.25, 0.3) is 0 Å². The maximum absolute atomic E-state index is 12.4. The Labute approximate surface area is 246 Å². The van der Waals surface area contributed by atoms with E-state index in [1.54, 1.807) is 27.7 Å². The molecule has 0 N–H and O–H groups in total. The van der Waals surface area contributed by atoms with Crippen LogP contribution in [0, 0.1) is 22.7 Å². The average Bonchev–Trinajstić information content (AvgIpc) is 3.52. The summed E-state index contributed by atoms with van der Waals surface area (Å²) in [4.78, 5) is 72.1. The predicted octanol–water partition coefficient (Wildman–Crippen LogP) is 2.51. The molecule has 0 aromatic carbocycles. The standard InChI is InChI=1S/2C15H22O6/c2*1-14(2,8-19-4)11-12(17)21-15(3,13(18)20-11)9-5-6-10(16)7-9/h2*9,11H,5-8H2,1-4H3/t2*9-,11-,15-/m00/s1. The Kier molecular flexibility index (Phi) is 9.93. The van der Waals surface area contributed by atoms with Crippen molar-refractivity contribution >= 4 is 35.4 Å². The molecule has 0 aromatic heterocycles. The Balaban J connectivity index is 0.000000230. The third-order valence-corrected chi connectivity index (χ3v) is 8.82. The van der Waals surface area contributed by atoms with Gasteiger partial charge in [0.15, 0.2) is 0 Å². The van der Waals surface area contributed by atoms with Crippen LogP contribution < -0.4 is 0 Å². The third-order valence-electron chi connectivity index (χ3n) is 8.82. The quantitative estimate of drug-likeness (QED) is 0.298. The van der Waals surface area contributed by atoms with E-state index in [1.807, 2.05) is 0 Å². The van der Waals surface area contributed by atoms with Gasteiger partial charge in [0.25, 0.3) is 0 Å². The number of esters is 4. The zero-order chi connectivity index (χ0) is 31.7. The molecule has 2 aliphatic heterocycles. The van der Waals surface area contributed by atoms with Gasteiger partial charge in [-0.15, -0.1) is 0 Å². The highest BCUT2D eigenvalue weighted by Gasteiger charge is 2.58. The number of cyclic esters (lactones) is 4. The molecule has 6 atom stereocenters. The molecule has 2 heterocycles. The van der Waals surface area contributed by atoms with E-state index in [9.17, 15) is 28.8 Å². The summed E-state index contributed by atoms with van der Waals surface area (Å²) in [6.07, 6.45) is 0.460. The van der Waals surface area contributed by atoms with Crippen LogP contribution in [0.2, 0.25) is 0 Å². The first-order valence-corrected chi connectivity index (χ1v) is 14.3. The smallest absolute Gasteiger partial charge is 0.351 e. The zero-order valence-corrected chi connectivity index (χ0v) is 25.9. The van der Waals surface area contributed by atoms with E-state index in [4.69, 9.17) is 28.4 Å². The average molecular weight is 597 g/mol. The summed E-state index contributed by atoms with van der Waals surface area (Å²) in [5.41, 5.74) is -4.06. The third kappa shape index (κ3) is 6.69. The van der Waals surface area contributed by atoms with Gasteiger partial charge in [-0.2, -0.15) is 0 Å². The van der Waals surface area contributed by atoms with Gasteiger partial charge in [-0.05, 0) is 26.7 Å². The molecule has 42 heavy (non-hydrogen) atoms. The van der Waals surface area contributed by atoms with Crippen LogP contribution in [0.4, 0.5) is 0 Å². The SMILES string of the molecule is COCC(C)(C)[C@H]1OC(=O)[C@](C)([C@H]2CCC(=O)C2)OC1=O.COCC(C)(C)[C@H]1OC(=O)[C@](C)([C@H]2CCC(=O)C2)OC1=O. The van der Waals surface area contributed by atoms with Crippen LogP contribution in [0.1, 0.15) is 80.1 Å². The largest absolute Gasteiger partial charge is 0.447 e. The summed E-state index contributed by atoms with van der Waals surface area (Å²) in [6.45, 7) is 10.7. The van der Waals surface area contributed by atoms with Crippen LogP contribution in [0.3, 0.4) is 0 Å². The lowest BCUT2D eigenvalue weighted by atomic mass is 9.83. The Morgan fingerprint density at radius 2 is 1.00 bits per heavy atom. The molecular weight excluding hydrogens is 552 g/mol. The number of carbonyl (C=O) groups is 6. The molecule has 2 aliphatic carbocycles. The van der Waals surface area contributed by atoms with Crippen molar-refractivity contribution in [2.75, 3.05) is 27.4 Å². The fraction of sp³-hybridized carbons (Fsp3) is 0.800. The van der Waals surface area contributed by atoms with Crippen molar-refractivity contribution in [1.29, 1.82) is 0 Å². The lowest BCUT2D eigenvalue weighted by Gasteiger charge is -2.42. The molecule has 4 aliphatic rings. The van der Waals surface area contributed by atoms with Crippen LogP contribution in [0.5, 0.6) is 0 Å². The molecule has 4 fully saturated rings. The highest BCUT2D eigenvalue weighted by Crippen LogP contribution is 2.42. The van der Waals surface area contributed by atoms with E-state index in [0.29, 0.717) is 25.7 Å². The van der Waals surface area contributed by atoms with Gasteiger partial charge in [-0.3, -0.25) is 9.59 Å². The van der Waals surface area contributed by atoms with Crippen molar-refractivity contribution in [2.24, 2.45) is 22.7 Å². The molecule has 236 valence electrons. The van der Waals surface area contributed by atoms with Crippen molar-refractivity contribution in [3.05, 3.63) is 0 Å². The fourth-order valence-electron chi connectivity index (χ4n) is 6.07. The van der Waals surface area contributed by atoms with Gasteiger partial charge in [-0.25, -0.2) is 19.2 Å². The second kappa shape index (κ2) is 12.4. The number of ether oxygens (including phenoxy) is 6.